The second kappa shape index (κ2) is 12.1. The van der Waals surface area contributed by atoms with Crippen molar-refractivity contribution in [2.24, 2.45) is 0 Å². The highest BCUT2D eigenvalue weighted by molar-refractivity contribution is 7.21. The van der Waals surface area contributed by atoms with Crippen molar-refractivity contribution in [2.75, 3.05) is 4.90 Å². The minimum absolute atomic E-state index is 0.470. The van der Waals surface area contributed by atoms with Gasteiger partial charge in [0.1, 0.15) is 0 Å². The van der Waals surface area contributed by atoms with Crippen LogP contribution >= 0.6 is 22.7 Å². The summed E-state index contributed by atoms with van der Waals surface area (Å²) in [4.78, 5) is 20.3. The molecule has 0 bridgehead atoms. The molecule has 10 aromatic rings. The summed E-state index contributed by atoms with van der Waals surface area (Å²) in [5, 5.41) is 8.12. The number of fused-ring (bicyclic) bond motifs is 11. The lowest BCUT2D eigenvalue weighted by Gasteiger charge is -2.45. The Morgan fingerprint density at radius 2 is 1.00 bits per heavy atom. The third kappa shape index (κ3) is 4.54. The van der Waals surface area contributed by atoms with Crippen LogP contribution in [0.3, 0.4) is 0 Å². The van der Waals surface area contributed by atoms with E-state index in [0.29, 0.717) is 5.82 Å². The topological polar surface area (TPSA) is 41.9 Å². The molecule has 0 radical (unpaired) electrons. The lowest BCUT2D eigenvalue weighted by atomic mass is 9.65. The van der Waals surface area contributed by atoms with E-state index < -0.39 is 5.41 Å². The Hall–Kier alpha value is -6.73. The number of pyridine rings is 1. The molecule has 262 valence electrons. The van der Waals surface area contributed by atoms with Crippen LogP contribution in [0.15, 0.2) is 181 Å². The van der Waals surface area contributed by atoms with E-state index in [4.69, 9.17) is 15.0 Å². The minimum atomic E-state index is -0.470. The molecule has 0 atom stereocenters. The molecule has 6 aromatic carbocycles. The van der Waals surface area contributed by atoms with Crippen molar-refractivity contribution in [1.29, 1.82) is 0 Å². The van der Waals surface area contributed by atoms with Gasteiger partial charge in [0.15, 0.2) is 5.82 Å². The zero-order valence-electron chi connectivity index (χ0n) is 29.9. The van der Waals surface area contributed by atoms with E-state index >= 15 is 0 Å². The molecule has 0 N–H and O–H groups in total. The summed E-state index contributed by atoms with van der Waals surface area (Å²) in [6.07, 6.45) is 1.90. The van der Waals surface area contributed by atoms with Gasteiger partial charge in [0.25, 0.3) is 0 Å². The number of hydrogen-bond acceptors (Lipinski definition) is 6. The van der Waals surface area contributed by atoms with Gasteiger partial charge >= 0.3 is 0 Å². The summed E-state index contributed by atoms with van der Waals surface area (Å²) < 4.78 is 0. The lowest BCUT2D eigenvalue weighted by molar-refractivity contribution is 0.759. The van der Waals surface area contributed by atoms with E-state index in [2.05, 4.69) is 149 Å². The number of hydrogen-bond donors (Lipinski definition) is 0. The Labute approximate surface area is 331 Å². The maximum atomic E-state index is 5.13. The first kappa shape index (κ1) is 31.6. The molecule has 0 saturated heterocycles. The fourth-order valence-corrected chi connectivity index (χ4v) is 11.1. The Kier molecular flexibility index (Phi) is 6.85. The van der Waals surface area contributed by atoms with Crippen LogP contribution in [-0.4, -0.2) is 15.0 Å². The van der Waals surface area contributed by atoms with Gasteiger partial charge in [-0.05, 0) is 104 Å². The third-order valence-corrected chi connectivity index (χ3v) is 13.5. The summed E-state index contributed by atoms with van der Waals surface area (Å²) in [7, 11) is 0. The molecule has 4 nitrogen and oxygen atoms in total. The summed E-state index contributed by atoms with van der Waals surface area (Å²) in [6.45, 7) is 0. The molecule has 12 rings (SSSR count). The number of anilines is 3. The monoisotopic (exact) mass is 750 g/mol. The molecule has 4 aromatic heterocycles. The molecule has 2 aliphatic rings. The molecule has 0 saturated carbocycles. The van der Waals surface area contributed by atoms with Crippen LogP contribution in [0.25, 0.3) is 65.3 Å². The maximum absolute atomic E-state index is 5.13. The molecule has 1 aliphatic heterocycles. The van der Waals surface area contributed by atoms with Crippen LogP contribution in [0.5, 0.6) is 0 Å². The summed E-state index contributed by atoms with van der Waals surface area (Å²) in [5.74, 6) is 0.707. The molecule has 5 heterocycles. The molecule has 56 heavy (non-hydrogen) atoms. The summed E-state index contributed by atoms with van der Waals surface area (Å²) in [5.41, 5.74) is 14.1. The van der Waals surface area contributed by atoms with Crippen molar-refractivity contribution >= 4 is 61.4 Å². The van der Waals surface area contributed by atoms with E-state index in [1.807, 2.05) is 59.2 Å². The van der Waals surface area contributed by atoms with Gasteiger partial charge in [-0.15, -0.1) is 22.7 Å². The van der Waals surface area contributed by atoms with E-state index in [-0.39, 0.29) is 0 Å². The Morgan fingerprint density at radius 1 is 0.446 bits per heavy atom. The van der Waals surface area contributed by atoms with Crippen molar-refractivity contribution in [2.45, 2.75) is 5.41 Å². The maximum Gasteiger partial charge on any atom is 0.160 e. The molecule has 0 unspecified atom stereocenters. The average molecular weight is 751 g/mol. The van der Waals surface area contributed by atoms with Gasteiger partial charge in [-0.3, -0.25) is 4.98 Å². The van der Waals surface area contributed by atoms with Crippen molar-refractivity contribution in [3.8, 4) is 43.7 Å². The standard InChI is InChI=1S/C50H30N4S2/c1-3-10-31(11-4-1)43-29-44(53-49(52-43)33-12-5-2-6-13-33)32-17-19-37(20-18-32)54-45-28-35-15-8-7-14-34(35)26-40(45)50(38-21-24-55-47(38)48-39(50)22-25-56-48)41-27-36-16-9-23-51-42(36)30-46(41)54/h1-30H. The molecule has 1 aliphatic carbocycles. The largest absolute Gasteiger partial charge is 0.310 e. The van der Waals surface area contributed by atoms with E-state index in [9.17, 15) is 0 Å². The normalized spacial score (nSPS) is 13.5. The minimum Gasteiger partial charge on any atom is -0.310 e. The molecule has 0 amide bonds. The first-order chi connectivity index (χ1) is 27.7. The Balaban J connectivity index is 1.09. The first-order valence-corrected chi connectivity index (χ1v) is 20.5. The highest BCUT2D eigenvalue weighted by Crippen LogP contribution is 2.66. The smallest absolute Gasteiger partial charge is 0.160 e. The summed E-state index contributed by atoms with van der Waals surface area (Å²) >= 11 is 3.71. The van der Waals surface area contributed by atoms with Crippen molar-refractivity contribution in [1.82, 2.24) is 15.0 Å². The first-order valence-electron chi connectivity index (χ1n) is 18.7. The van der Waals surface area contributed by atoms with Gasteiger partial charge < -0.3 is 4.90 Å². The second-order valence-corrected chi connectivity index (χ2v) is 16.3. The van der Waals surface area contributed by atoms with Gasteiger partial charge in [0, 0.05) is 43.7 Å². The Bertz CT molecular complexity index is 2960. The van der Waals surface area contributed by atoms with Crippen LogP contribution < -0.4 is 4.90 Å². The number of benzene rings is 6. The third-order valence-electron chi connectivity index (χ3n) is 11.5. The second-order valence-electron chi connectivity index (χ2n) is 14.4. The fourth-order valence-electron chi connectivity index (χ4n) is 9.00. The zero-order valence-corrected chi connectivity index (χ0v) is 31.6. The van der Waals surface area contributed by atoms with E-state index in [0.717, 1.165) is 50.4 Å². The number of nitrogens with zero attached hydrogens (tertiary/aromatic N) is 4. The van der Waals surface area contributed by atoms with Gasteiger partial charge in [0.05, 0.1) is 33.7 Å². The quantitative estimate of drug-likeness (QED) is 0.180. The van der Waals surface area contributed by atoms with Crippen LogP contribution in [0.1, 0.15) is 22.3 Å². The van der Waals surface area contributed by atoms with Gasteiger partial charge in [0.2, 0.25) is 0 Å². The predicted octanol–water partition coefficient (Wildman–Crippen LogP) is 13.4. The molecule has 0 fully saturated rings. The molecule has 1 spiro atoms. The van der Waals surface area contributed by atoms with Gasteiger partial charge in [-0.1, -0.05) is 103 Å². The van der Waals surface area contributed by atoms with Gasteiger partial charge in [-0.25, -0.2) is 9.97 Å². The highest BCUT2D eigenvalue weighted by Gasteiger charge is 2.53. The SMILES string of the molecule is c1ccc(-c2cc(-c3ccc(N4c5cc6ccccc6cc5C5(c6cc7cccnc7cc64)c4ccsc4-c4sccc45)cc3)nc(-c3ccccc3)n2)cc1. The molecular formula is C50H30N4S2. The van der Waals surface area contributed by atoms with E-state index in [1.165, 1.54) is 48.5 Å². The average Bonchev–Trinajstić information content (AvgIpc) is 4.00. The van der Waals surface area contributed by atoms with Crippen LogP contribution in [0.2, 0.25) is 0 Å². The fraction of sp³-hybridized carbons (Fsp3) is 0.0200. The number of rotatable bonds is 4. The molecule has 6 heteroatoms. The number of thiophene rings is 2. The predicted molar refractivity (Wildman–Crippen MR) is 232 cm³/mol. The summed E-state index contributed by atoms with van der Waals surface area (Å²) in [6, 6.07) is 58.9. The van der Waals surface area contributed by atoms with Crippen molar-refractivity contribution in [3.05, 3.63) is 203 Å². The van der Waals surface area contributed by atoms with Crippen molar-refractivity contribution < 1.29 is 0 Å². The number of aromatic nitrogens is 3. The Morgan fingerprint density at radius 3 is 1.68 bits per heavy atom. The van der Waals surface area contributed by atoms with Gasteiger partial charge in [-0.2, -0.15) is 0 Å². The van der Waals surface area contributed by atoms with Crippen molar-refractivity contribution in [3.63, 3.8) is 0 Å². The van der Waals surface area contributed by atoms with Crippen LogP contribution in [0, 0.1) is 0 Å². The van der Waals surface area contributed by atoms with E-state index in [1.54, 1.807) is 0 Å². The van der Waals surface area contributed by atoms with Crippen LogP contribution in [0.4, 0.5) is 17.1 Å². The highest BCUT2D eigenvalue weighted by atomic mass is 32.1. The zero-order chi connectivity index (χ0) is 36.8. The van der Waals surface area contributed by atoms with Crippen LogP contribution in [-0.2, 0) is 5.41 Å². The molecular weight excluding hydrogens is 721 g/mol. The lowest BCUT2D eigenvalue weighted by Crippen LogP contribution is -2.36.